The number of anilines is 1. The lowest BCUT2D eigenvalue weighted by molar-refractivity contribution is 0.225. The molecule has 0 spiro atoms. The lowest BCUT2D eigenvalue weighted by Gasteiger charge is -2.11. The summed E-state index contributed by atoms with van der Waals surface area (Å²) in [5, 5.41) is 8.90. The van der Waals surface area contributed by atoms with Crippen LogP contribution in [0.25, 0.3) is 0 Å². The molecule has 0 saturated heterocycles. The second kappa shape index (κ2) is 5.01. The van der Waals surface area contributed by atoms with Crippen molar-refractivity contribution in [2.24, 2.45) is 0 Å². The normalized spacial score (nSPS) is 12.1. The van der Waals surface area contributed by atoms with Crippen molar-refractivity contribution in [1.29, 1.82) is 0 Å². The lowest BCUT2D eigenvalue weighted by Crippen LogP contribution is -2.02. The predicted molar refractivity (Wildman–Crippen MR) is 66.4 cm³/mol. The van der Waals surface area contributed by atoms with E-state index in [-0.39, 0.29) is 6.10 Å². The molecule has 90 valence electrons. The van der Waals surface area contributed by atoms with Gasteiger partial charge in [-0.25, -0.2) is 0 Å². The molecule has 1 aromatic heterocycles. The van der Waals surface area contributed by atoms with Gasteiger partial charge >= 0.3 is 0 Å². The molecular formula is C11H13N3O2S. The fraction of sp³-hybridized carbons (Fsp3) is 0.273. The van der Waals surface area contributed by atoms with Crippen LogP contribution in [0.15, 0.2) is 24.3 Å². The van der Waals surface area contributed by atoms with Crippen molar-refractivity contribution >= 4 is 16.5 Å². The summed E-state index contributed by atoms with van der Waals surface area (Å²) in [4.78, 5) is 0. The minimum atomic E-state index is -0.168. The molecule has 0 amide bonds. The van der Waals surface area contributed by atoms with Gasteiger partial charge in [0.2, 0.25) is 5.13 Å². The Morgan fingerprint density at radius 3 is 2.35 bits per heavy atom. The van der Waals surface area contributed by atoms with Gasteiger partial charge in [-0.15, -0.1) is 10.2 Å². The Hall–Kier alpha value is -1.82. The lowest BCUT2D eigenvalue weighted by atomic mass is 10.3. The van der Waals surface area contributed by atoms with Crippen LogP contribution < -0.4 is 15.2 Å². The maximum absolute atomic E-state index is 5.71. The molecule has 0 aliphatic carbocycles. The van der Waals surface area contributed by atoms with Crippen molar-refractivity contribution in [2.45, 2.75) is 13.0 Å². The maximum atomic E-state index is 5.71. The number of hydrogen-bond donors (Lipinski definition) is 1. The summed E-state index contributed by atoms with van der Waals surface area (Å²) in [5.41, 5.74) is 5.52. The standard InChI is InChI=1S/C11H13N3O2S/c1-7(10-13-14-11(12)17-10)16-9-5-3-8(15-2)4-6-9/h3-7H,1-2H3,(H2,12,14)/t7-/m0/s1. The van der Waals surface area contributed by atoms with Crippen LogP contribution in [0.2, 0.25) is 0 Å². The first-order valence-electron chi connectivity index (χ1n) is 5.08. The maximum Gasteiger partial charge on any atom is 0.203 e. The van der Waals surface area contributed by atoms with Gasteiger partial charge in [0.05, 0.1) is 7.11 Å². The fourth-order valence-corrected chi connectivity index (χ4v) is 1.91. The Labute approximate surface area is 103 Å². The van der Waals surface area contributed by atoms with Crippen LogP contribution in [0, 0.1) is 0 Å². The first-order chi connectivity index (χ1) is 8.19. The van der Waals surface area contributed by atoms with Crippen molar-refractivity contribution in [2.75, 3.05) is 12.8 Å². The third-order valence-corrected chi connectivity index (χ3v) is 3.09. The Bertz CT molecular complexity index is 484. The SMILES string of the molecule is COc1ccc(O[C@@H](C)c2nnc(N)s2)cc1. The molecule has 17 heavy (non-hydrogen) atoms. The first kappa shape index (κ1) is 11.7. The highest BCUT2D eigenvalue weighted by molar-refractivity contribution is 7.15. The number of aromatic nitrogens is 2. The predicted octanol–water partition coefficient (Wildman–Crippen LogP) is 2.27. The van der Waals surface area contributed by atoms with Gasteiger partial charge in [0.15, 0.2) is 5.01 Å². The molecule has 0 radical (unpaired) electrons. The zero-order valence-corrected chi connectivity index (χ0v) is 10.4. The molecule has 2 N–H and O–H groups in total. The summed E-state index contributed by atoms with van der Waals surface area (Å²) in [6.07, 6.45) is -0.168. The van der Waals surface area contributed by atoms with E-state index in [9.17, 15) is 0 Å². The molecule has 0 fully saturated rings. The molecule has 6 heteroatoms. The van der Waals surface area contributed by atoms with Crippen LogP contribution >= 0.6 is 11.3 Å². The minimum Gasteiger partial charge on any atom is -0.497 e. The van der Waals surface area contributed by atoms with Crippen molar-refractivity contribution in [3.63, 3.8) is 0 Å². The zero-order chi connectivity index (χ0) is 12.3. The van der Waals surface area contributed by atoms with Crippen molar-refractivity contribution in [3.05, 3.63) is 29.3 Å². The van der Waals surface area contributed by atoms with E-state index in [2.05, 4.69) is 10.2 Å². The molecule has 0 unspecified atom stereocenters. The summed E-state index contributed by atoms with van der Waals surface area (Å²) in [6.45, 7) is 1.91. The summed E-state index contributed by atoms with van der Waals surface area (Å²) < 4.78 is 10.8. The highest BCUT2D eigenvalue weighted by atomic mass is 32.1. The van der Waals surface area contributed by atoms with Crippen molar-refractivity contribution < 1.29 is 9.47 Å². The molecule has 5 nitrogen and oxygen atoms in total. The molecule has 0 aliphatic heterocycles. The van der Waals surface area contributed by atoms with Gasteiger partial charge in [-0.3, -0.25) is 0 Å². The Morgan fingerprint density at radius 2 is 1.82 bits per heavy atom. The van der Waals surface area contributed by atoms with Gasteiger partial charge in [0.1, 0.15) is 17.6 Å². The molecule has 2 rings (SSSR count). The smallest absolute Gasteiger partial charge is 0.203 e. The van der Waals surface area contributed by atoms with Crippen LogP contribution in [0.5, 0.6) is 11.5 Å². The van der Waals surface area contributed by atoms with Crippen LogP contribution in [0.4, 0.5) is 5.13 Å². The number of nitrogens with zero attached hydrogens (tertiary/aromatic N) is 2. The second-order valence-corrected chi connectivity index (χ2v) is 4.45. The largest absolute Gasteiger partial charge is 0.497 e. The highest BCUT2D eigenvalue weighted by Crippen LogP contribution is 2.26. The molecule has 1 aromatic carbocycles. The number of benzene rings is 1. The highest BCUT2D eigenvalue weighted by Gasteiger charge is 2.12. The van der Waals surface area contributed by atoms with Crippen molar-refractivity contribution in [1.82, 2.24) is 10.2 Å². The average Bonchev–Trinajstić information content (AvgIpc) is 2.77. The topological polar surface area (TPSA) is 70.3 Å². The molecule has 0 bridgehead atoms. The van der Waals surface area contributed by atoms with E-state index in [1.165, 1.54) is 11.3 Å². The summed E-state index contributed by atoms with van der Waals surface area (Å²) in [6, 6.07) is 7.38. The van der Waals surface area contributed by atoms with E-state index >= 15 is 0 Å². The number of hydrogen-bond acceptors (Lipinski definition) is 6. The van der Waals surface area contributed by atoms with E-state index in [1.54, 1.807) is 7.11 Å². The summed E-state index contributed by atoms with van der Waals surface area (Å²) >= 11 is 1.33. The third kappa shape index (κ3) is 2.85. The summed E-state index contributed by atoms with van der Waals surface area (Å²) in [5.74, 6) is 1.55. The second-order valence-electron chi connectivity index (χ2n) is 3.41. The van der Waals surface area contributed by atoms with Crippen LogP contribution in [0.3, 0.4) is 0 Å². The van der Waals surface area contributed by atoms with Gasteiger partial charge in [0, 0.05) is 0 Å². The van der Waals surface area contributed by atoms with Gasteiger partial charge in [-0.05, 0) is 31.2 Å². The third-order valence-electron chi connectivity index (χ3n) is 2.18. The Kier molecular flexibility index (Phi) is 3.43. The van der Waals surface area contributed by atoms with Gasteiger partial charge in [0.25, 0.3) is 0 Å². The summed E-state index contributed by atoms with van der Waals surface area (Å²) in [7, 11) is 1.63. The molecule has 0 saturated carbocycles. The number of nitrogens with two attached hydrogens (primary N) is 1. The Morgan fingerprint density at radius 1 is 1.18 bits per heavy atom. The van der Waals surface area contributed by atoms with E-state index in [4.69, 9.17) is 15.2 Å². The van der Waals surface area contributed by atoms with E-state index < -0.39 is 0 Å². The monoisotopic (exact) mass is 251 g/mol. The van der Waals surface area contributed by atoms with Crippen LogP contribution in [-0.4, -0.2) is 17.3 Å². The average molecular weight is 251 g/mol. The molecular weight excluding hydrogens is 238 g/mol. The van der Waals surface area contributed by atoms with Gasteiger partial charge in [-0.1, -0.05) is 11.3 Å². The molecule has 0 aliphatic rings. The number of methoxy groups -OCH3 is 1. The Balaban J connectivity index is 2.04. The fourth-order valence-electron chi connectivity index (χ4n) is 1.32. The van der Waals surface area contributed by atoms with E-state index in [0.29, 0.717) is 5.13 Å². The quantitative estimate of drug-likeness (QED) is 0.902. The van der Waals surface area contributed by atoms with Crippen LogP contribution in [0.1, 0.15) is 18.0 Å². The van der Waals surface area contributed by atoms with Gasteiger partial charge < -0.3 is 15.2 Å². The molecule has 1 atom stereocenters. The number of rotatable bonds is 4. The molecule has 2 aromatic rings. The number of nitrogen functional groups attached to an aromatic ring is 1. The zero-order valence-electron chi connectivity index (χ0n) is 9.58. The van der Waals surface area contributed by atoms with E-state index in [1.807, 2.05) is 31.2 Å². The van der Waals surface area contributed by atoms with E-state index in [0.717, 1.165) is 16.5 Å². The van der Waals surface area contributed by atoms with Crippen LogP contribution in [-0.2, 0) is 0 Å². The molecule has 1 heterocycles. The van der Waals surface area contributed by atoms with Gasteiger partial charge in [-0.2, -0.15) is 0 Å². The minimum absolute atomic E-state index is 0.168. The van der Waals surface area contributed by atoms with Crippen molar-refractivity contribution in [3.8, 4) is 11.5 Å². The number of ether oxygens (including phenoxy) is 2. The first-order valence-corrected chi connectivity index (χ1v) is 5.90.